The first kappa shape index (κ1) is 27.1. The topological polar surface area (TPSA) is 113 Å². The lowest BCUT2D eigenvalue weighted by atomic mass is 10.1. The molecule has 204 valence electrons. The number of aliphatic carboxylic acids is 1. The van der Waals surface area contributed by atoms with Crippen molar-refractivity contribution in [3.63, 3.8) is 0 Å². The molecule has 4 heterocycles. The van der Waals surface area contributed by atoms with Gasteiger partial charge in [0.1, 0.15) is 28.4 Å². The molecular weight excluding hydrogens is 538 g/mol. The van der Waals surface area contributed by atoms with Crippen molar-refractivity contribution in [1.82, 2.24) is 19.2 Å². The number of carbonyl (C=O) groups is 2. The fraction of sp³-hybridized carbons (Fsp3) is 0.321. The number of pyridine rings is 1. The molecule has 3 N–H and O–H groups in total. The van der Waals surface area contributed by atoms with E-state index in [2.05, 4.69) is 22.1 Å². The third-order valence-electron chi connectivity index (χ3n) is 7.11. The average Bonchev–Trinajstić information content (AvgIpc) is 3.53. The van der Waals surface area contributed by atoms with Crippen LogP contribution in [0.2, 0.25) is 5.02 Å². The summed E-state index contributed by atoms with van der Waals surface area (Å²) in [5, 5.41) is 9.88. The lowest BCUT2D eigenvalue weighted by Crippen LogP contribution is -2.51. The summed E-state index contributed by atoms with van der Waals surface area (Å²) in [5.41, 5.74) is 9.26. The van der Waals surface area contributed by atoms with Crippen LogP contribution in [-0.2, 0) is 11.3 Å². The average molecular weight is 568 g/mol. The summed E-state index contributed by atoms with van der Waals surface area (Å²) in [6.45, 7) is 7.37. The molecule has 0 radical (unpaired) electrons. The van der Waals surface area contributed by atoms with Gasteiger partial charge >= 0.3 is 5.97 Å². The van der Waals surface area contributed by atoms with Crippen LogP contribution in [0.3, 0.4) is 0 Å². The molecule has 9 nitrogen and oxygen atoms in total. The molecule has 1 fully saturated rings. The monoisotopic (exact) mass is 567 g/mol. The zero-order valence-electron chi connectivity index (χ0n) is 21.7. The number of hydrogen-bond acceptors (Lipinski definition) is 7. The number of nitrogens with zero attached hydrogens (tertiary/aromatic N) is 4. The first-order valence-electron chi connectivity index (χ1n) is 12.7. The molecule has 1 aliphatic heterocycles. The minimum atomic E-state index is -0.790. The lowest BCUT2D eigenvalue weighted by Gasteiger charge is -2.36. The van der Waals surface area contributed by atoms with Crippen LogP contribution in [0, 0.1) is 0 Å². The Labute approximate surface area is 235 Å². The standard InChI is InChI=1S/C28H30ClN5O4S/c1-17(28(36)37)33-11-9-32(10-12-33)15-19-7-8-25-31-14-22(34(25)16-19)24-13-23(26(39-24)27(30)35)38-18(2)20-5-3-4-6-21(20)29/h3-8,13-14,16-18H,9-12,15H2,1-2H3,(H2,30,35)(H,36,37)/t17?,18-/m1/s1. The predicted molar refractivity (Wildman–Crippen MR) is 151 cm³/mol. The molecule has 0 aliphatic carbocycles. The Kier molecular flexibility index (Phi) is 7.90. The van der Waals surface area contributed by atoms with Gasteiger partial charge in [0.05, 0.1) is 16.8 Å². The fourth-order valence-corrected chi connectivity index (χ4v) is 6.08. The van der Waals surface area contributed by atoms with Gasteiger partial charge in [0.25, 0.3) is 5.91 Å². The van der Waals surface area contributed by atoms with E-state index in [-0.39, 0.29) is 6.10 Å². The van der Waals surface area contributed by atoms with E-state index in [9.17, 15) is 14.7 Å². The summed E-state index contributed by atoms with van der Waals surface area (Å²) in [5.74, 6) is -0.936. The highest BCUT2D eigenvalue weighted by molar-refractivity contribution is 7.17. The molecule has 1 unspecified atom stereocenters. The first-order chi connectivity index (χ1) is 18.7. The smallest absolute Gasteiger partial charge is 0.320 e. The highest BCUT2D eigenvalue weighted by Gasteiger charge is 2.25. The van der Waals surface area contributed by atoms with Crippen LogP contribution in [0.25, 0.3) is 16.2 Å². The summed E-state index contributed by atoms with van der Waals surface area (Å²) in [7, 11) is 0. The molecule has 0 bridgehead atoms. The number of rotatable bonds is 9. The second kappa shape index (κ2) is 11.4. The van der Waals surface area contributed by atoms with Gasteiger partial charge < -0.3 is 15.6 Å². The van der Waals surface area contributed by atoms with E-state index in [1.165, 1.54) is 11.3 Å². The number of piperazine rings is 1. The number of thiophene rings is 1. The van der Waals surface area contributed by atoms with Crippen molar-refractivity contribution in [3.05, 3.63) is 75.9 Å². The Balaban J connectivity index is 1.37. The number of amides is 1. The number of nitrogens with two attached hydrogens (primary N) is 1. The Bertz CT molecular complexity index is 1510. The highest BCUT2D eigenvalue weighted by atomic mass is 35.5. The number of benzene rings is 1. The number of carboxylic acid groups (broad SMARTS) is 1. The normalized spacial score (nSPS) is 16.3. The Morgan fingerprint density at radius 2 is 1.90 bits per heavy atom. The molecule has 39 heavy (non-hydrogen) atoms. The van der Waals surface area contributed by atoms with Crippen molar-refractivity contribution >= 4 is 40.5 Å². The maximum atomic E-state index is 12.3. The van der Waals surface area contributed by atoms with Gasteiger partial charge in [-0.1, -0.05) is 35.9 Å². The van der Waals surface area contributed by atoms with E-state index < -0.39 is 17.9 Å². The summed E-state index contributed by atoms with van der Waals surface area (Å²) in [4.78, 5) is 33.6. The molecule has 2 atom stereocenters. The Morgan fingerprint density at radius 3 is 2.59 bits per heavy atom. The maximum absolute atomic E-state index is 12.3. The zero-order valence-corrected chi connectivity index (χ0v) is 23.3. The van der Waals surface area contributed by atoms with Crippen LogP contribution in [0.1, 0.15) is 40.8 Å². The number of primary amides is 1. The summed E-state index contributed by atoms with van der Waals surface area (Å²) in [6.07, 6.45) is 3.45. The molecule has 5 rings (SSSR count). The Morgan fingerprint density at radius 1 is 1.15 bits per heavy atom. The first-order valence-corrected chi connectivity index (χ1v) is 13.9. The van der Waals surface area contributed by atoms with Crippen molar-refractivity contribution in [1.29, 1.82) is 0 Å². The molecule has 4 aromatic rings. The largest absolute Gasteiger partial charge is 0.484 e. The van der Waals surface area contributed by atoms with Crippen LogP contribution in [0.5, 0.6) is 5.75 Å². The third kappa shape index (κ3) is 5.79. The number of halogens is 1. The van der Waals surface area contributed by atoms with Gasteiger partial charge in [0, 0.05) is 55.6 Å². The third-order valence-corrected chi connectivity index (χ3v) is 8.60. The molecule has 3 aromatic heterocycles. The number of ether oxygens (including phenoxy) is 1. The maximum Gasteiger partial charge on any atom is 0.320 e. The minimum absolute atomic E-state index is 0.337. The van der Waals surface area contributed by atoms with Crippen LogP contribution in [0.15, 0.2) is 54.9 Å². The second-order valence-corrected chi connectivity index (χ2v) is 11.1. The number of carbonyl (C=O) groups excluding carboxylic acids is 1. The quantitative estimate of drug-likeness (QED) is 0.305. The molecule has 0 spiro atoms. The predicted octanol–water partition coefficient (Wildman–Crippen LogP) is 4.55. The van der Waals surface area contributed by atoms with Crippen molar-refractivity contribution in [3.8, 4) is 16.3 Å². The van der Waals surface area contributed by atoms with Gasteiger partial charge in [-0.3, -0.25) is 23.8 Å². The van der Waals surface area contributed by atoms with E-state index in [0.29, 0.717) is 28.7 Å². The van der Waals surface area contributed by atoms with E-state index in [1.807, 2.05) is 46.6 Å². The number of carboxylic acids is 1. The highest BCUT2D eigenvalue weighted by Crippen LogP contribution is 2.39. The molecule has 1 amide bonds. The van der Waals surface area contributed by atoms with Gasteiger partial charge in [-0.15, -0.1) is 11.3 Å². The summed E-state index contributed by atoms with van der Waals surface area (Å²) < 4.78 is 8.19. The van der Waals surface area contributed by atoms with E-state index in [4.69, 9.17) is 22.1 Å². The molecule has 1 saturated heterocycles. The van der Waals surface area contributed by atoms with Crippen LogP contribution in [-0.4, -0.2) is 68.4 Å². The second-order valence-electron chi connectivity index (χ2n) is 9.69. The molecule has 0 saturated carbocycles. The van der Waals surface area contributed by atoms with Crippen molar-refractivity contribution in [2.24, 2.45) is 5.73 Å². The lowest BCUT2D eigenvalue weighted by molar-refractivity contribution is -0.143. The molecule has 11 heteroatoms. The number of fused-ring (bicyclic) bond motifs is 1. The Hall–Kier alpha value is -3.44. The van der Waals surface area contributed by atoms with Crippen molar-refractivity contribution < 1.29 is 19.4 Å². The van der Waals surface area contributed by atoms with Gasteiger partial charge in [-0.05, 0) is 31.5 Å². The molecule has 1 aromatic carbocycles. The molecular formula is C28H30ClN5O4S. The van der Waals surface area contributed by atoms with E-state index >= 15 is 0 Å². The summed E-state index contributed by atoms with van der Waals surface area (Å²) >= 11 is 7.62. The van der Waals surface area contributed by atoms with Crippen molar-refractivity contribution in [2.45, 2.75) is 32.5 Å². The van der Waals surface area contributed by atoms with Crippen LogP contribution >= 0.6 is 22.9 Å². The van der Waals surface area contributed by atoms with Crippen LogP contribution in [0.4, 0.5) is 0 Å². The van der Waals surface area contributed by atoms with E-state index in [1.54, 1.807) is 19.2 Å². The van der Waals surface area contributed by atoms with Gasteiger partial charge in [-0.2, -0.15) is 0 Å². The number of imidazole rings is 1. The molecule has 1 aliphatic rings. The van der Waals surface area contributed by atoms with Crippen LogP contribution < -0.4 is 10.5 Å². The van der Waals surface area contributed by atoms with E-state index in [0.717, 1.165) is 47.0 Å². The summed E-state index contributed by atoms with van der Waals surface area (Å²) in [6, 6.07) is 12.8. The fourth-order valence-electron chi connectivity index (χ4n) is 4.84. The minimum Gasteiger partial charge on any atom is -0.484 e. The van der Waals surface area contributed by atoms with Gasteiger partial charge in [-0.25, -0.2) is 4.98 Å². The number of hydrogen-bond donors (Lipinski definition) is 2. The van der Waals surface area contributed by atoms with Crippen molar-refractivity contribution in [2.75, 3.05) is 26.2 Å². The number of aromatic nitrogens is 2. The van der Waals surface area contributed by atoms with Gasteiger partial charge in [0.15, 0.2) is 0 Å². The van der Waals surface area contributed by atoms with Gasteiger partial charge in [0.2, 0.25) is 0 Å². The SMILES string of the molecule is CC(C(=O)O)N1CCN(Cc2ccc3ncc(-c4cc(O[C@H](C)c5ccccc5Cl)c(C(N)=O)s4)n3c2)CC1. The zero-order chi connectivity index (χ0) is 27.7.